The quantitative estimate of drug-likeness (QED) is 0.764. The molecular formula is C16H12ClNO. The van der Waals surface area contributed by atoms with Gasteiger partial charge in [-0.15, -0.1) is 0 Å². The molecule has 0 fully saturated rings. The van der Waals surface area contributed by atoms with Crippen molar-refractivity contribution in [2.45, 2.75) is 6.10 Å². The van der Waals surface area contributed by atoms with Gasteiger partial charge in [-0.2, -0.15) is 0 Å². The molecule has 2 nitrogen and oxygen atoms in total. The van der Waals surface area contributed by atoms with Crippen molar-refractivity contribution in [1.29, 1.82) is 0 Å². The van der Waals surface area contributed by atoms with E-state index >= 15 is 0 Å². The highest BCUT2D eigenvalue weighted by molar-refractivity contribution is 6.30. The largest absolute Gasteiger partial charge is 0.382 e. The van der Waals surface area contributed by atoms with Crippen LogP contribution in [-0.2, 0) is 0 Å². The first-order valence-corrected chi connectivity index (χ1v) is 6.41. The van der Waals surface area contributed by atoms with Gasteiger partial charge in [0.1, 0.15) is 6.10 Å². The maximum absolute atomic E-state index is 10.4. The smallest absolute Gasteiger partial charge is 0.121 e. The SMILES string of the molecule is OC(c1cccc(Cl)c1)c1ccc2ccccc2n1. The van der Waals surface area contributed by atoms with E-state index in [0.29, 0.717) is 10.7 Å². The summed E-state index contributed by atoms with van der Waals surface area (Å²) in [7, 11) is 0. The van der Waals surface area contributed by atoms with Gasteiger partial charge >= 0.3 is 0 Å². The van der Waals surface area contributed by atoms with E-state index in [-0.39, 0.29) is 0 Å². The molecule has 0 aliphatic rings. The zero-order chi connectivity index (χ0) is 13.2. The number of nitrogens with zero attached hydrogens (tertiary/aromatic N) is 1. The summed E-state index contributed by atoms with van der Waals surface area (Å²) in [6.45, 7) is 0. The Bertz CT molecular complexity index is 727. The average molecular weight is 270 g/mol. The fraction of sp³-hybridized carbons (Fsp3) is 0.0625. The van der Waals surface area contributed by atoms with E-state index in [9.17, 15) is 5.11 Å². The highest BCUT2D eigenvalue weighted by atomic mass is 35.5. The van der Waals surface area contributed by atoms with Crippen LogP contribution >= 0.6 is 11.6 Å². The maximum Gasteiger partial charge on any atom is 0.121 e. The van der Waals surface area contributed by atoms with Crippen molar-refractivity contribution in [1.82, 2.24) is 4.98 Å². The molecule has 0 bridgehead atoms. The van der Waals surface area contributed by atoms with E-state index in [2.05, 4.69) is 4.98 Å². The average Bonchev–Trinajstić information content (AvgIpc) is 2.46. The van der Waals surface area contributed by atoms with Crippen LogP contribution in [0.25, 0.3) is 10.9 Å². The lowest BCUT2D eigenvalue weighted by Crippen LogP contribution is -2.02. The molecule has 1 unspecified atom stereocenters. The molecule has 1 aromatic heterocycles. The zero-order valence-corrected chi connectivity index (χ0v) is 10.9. The fourth-order valence-corrected chi connectivity index (χ4v) is 2.28. The standard InChI is InChI=1S/C16H12ClNO/c17-13-6-3-5-12(10-13)16(19)15-9-8-11-4-1-2-7-14(11)18-15/h1-10,16,19H. The third kappa shape index (κ3) is 2.46. The number of rotatable bonds is 2. The minimum Gasteiger partial charge on any atom is -0.382 e. The van der Waals surface area contributed by atoms with E-state index in [1.54, 1.807) is 12.1 Å². The van der Waals surface area contributed by atoms with E-state index in [1.165, 1.54) is 0 Å². The summed E-state index contributed by atoms with van der Waals surface area (Å²) in [5.74, 6) is 0. The van der Waals surface area contributed by atoms with E-state index in [4.69, 9.17) is 11.6 Å². The maximum atomic E-state index is 10.4. The number of aromatic nitrogens is 1. The number of aliphatic hydroxyl groups excluding tert-OH is 1. The van der Waals surface area contributed by atoms with Crippen molar-refractivity contribution < 1.29 is 5.11 Å². The third-order valence-electron chi connectivity index (χ3n) is 3.06. The van der Waals surface area contributed by atoms with Gasteiger partial charge in [0.25, 0.3) is 0 Å². The van der Waals surface area contributed by atoms with Crippen LogP contribution in [0.4, 0.5) is 0 Å². The highest BCUT2D eigenvalue weighted by Crippen LogP contribution is 2.24. The van der Waals surface area contributed by atoms with E-state index < -0.39 is 6.10 Å². The number of aliphatic hydroxyl groups is 1. The monoisotopic (exact) mass is 269 g/mol. The van der Waals surface area contributed by atoms with Crippen molar-refractivity contribution in [2.24, 2.45) is 0 Å². The first-order valence-electron chi connectivity index (χ1n) is 6.03. The summed E-state index contributed by atoms with van der Waals surface area (Å²) in [5.41, 5.74) is 2.25. The minimum absolute atomic E-state index is 0.609. The first kappa shape index (κ1) is 12.2. The molecule has 0 saturated heterocycles. The second kappa shape index (κ2) is 5.00. The number of hydrogen-bond donors (Lipinski definition) is 1. The number of fused-ring (bicyclic) bond motifs is 1. The zero-order valence-electron chi connectivity index (χ0n) is 10.1. The van der Waals surface area contributed by atoms with Crippen LogP contribution in [0.2, 0.25) is 5.02 Å². The minimum atomic E-state index is -0.761. The van der Waals surface area contributed by atoms with Crippen molar-refractivity contribution in [2.75, 3.05) is 0 Å². The molecular weight excluding hydrogens is 258 g/mol. The van der Waals surface area contributed by atoms with Gasteiger partial charge in [0, 0.05) is 10.4 Å². The Balaban J connectivity index is 2.04. The van der Waals surface area contributed by atoms with Gasteiger partial charge in [0.2, 0.25) is 0 Å². The lowest BCUT2D eigenvalue weighted by atomic mass is 10.1. The summed E-state index contributed by atoms with van der Waals surface area (Å²) < 4.78 is 0. The van der Waals surface area contributed by atoms with Crippen LogP contribution < -0.4 is 0 Å². The predicted octanol–water partition coefficient (Wildman–Crippen LogP) is 3.97. The molecule has 19 heavy (non-hydrogen) atoms. The number of para-hydroxylation sites is 1. The van der Waals surface area contributed by atoms with Crippen LogP contribution in [-0.4, -0.2) is 10.1 Å². The molecule has 3 aromatic rings. The van der Waals surface area contributed by atoms with Crippen molar-refractivity contribution >= 4 is 22.5 Å². The van der Waals surface area contributed by atoms with Crippen LogP contribution in [0.1, 0.15) is 17.4 Å². The molecule has 0 aliphatic carbocycles. The molecule has 1 atom stereocenters. The molecule has 0 saturated carbocycles. The summed E-state index contributed by atoms with van der Waals surface area (Å²) in [5, 5.41) is 12.0. The van der Waals surface area contributed by atoms with Gasteiger partial charge in [0.05, 0.1) is 11.2 Å². The van der Waals surface area contributed by atoms with E-state index in [0.717, 1.165) is 16.5 Å². The predicted molar refractivity (Wildman–Crippen MR) is 77.3 cm³/mol. The third-order valence-corrected chi connectivity index (χ3v) is 3.30. The first-order chi connectivity index (χ1) is 9.24. The lowest BCUT2D eigenvalue weighted by Gasteiger charge is -2.11. The van der Waals surface area contributed by atoms with E-state index in [1.807, 2.05) is 48.5 Å². The number of halogens is 1. The van der Waals surface area contributed by atoms with Gasteiger partial charge in [-0.25, -0.2) is 4.98 Å². The Kier molecular flexibility index (Phi) is 3.20. The van der Waals surface area contributed by atoms with Gasteiger partial charge in [-0.05, 0) is 29.8 Å². The van der Waals surface area contributed by atoms with Gasteiger partial charge < -0.3 is 5.11 Å². The molecule has 3 heteroatoms. The van der Waals surface area contributed by atoms with Crippen LogP contribution in [0.15, 0.2) is 60.7 Å². The molecule has 3 rings (SSSR count). The van der Waals surface area contributed by atoms with Gasteiger partial charge in [-0.3, -0.25) is 0 Å². The Morgan fingerprint density at radius 2 is 1.79 bits per heavy atom. The number of pyridine rings is 1. The Labute approximate surface area is 116 Å². The highest BCUT2D eigenvalue weighted by Gasteiger charge is 2.12. The van der Waals surface area contributed by atoms with Crippen LogP contribution in [0.5, 0.6) is 0 Å². The second-order valence-corrected chi connectivity index (χ2v) is 4.82. The normalized spacial score (nSPS) is 12.5. The molecule has 94 valence electrons. The van der Waals surface area contributed by atoms with Gasteiger partial charge in [-0.1, -0.05) is 48.0 Å². The molecule has 0 radical (unpaired) electrons. The number of hydrogen-bond acceptors (Lipinski definition) is 2. The molecule has 0 spiro atoms. The van der Waals surface area contributed by atoms with Crippen molar-refractivity contribution in [3.8, 4) is 0 Å². The summed E-state index contributed by atoms with van der Waals surface area (Å²) in [6.07, 6.45) is -0.761. The summed E-state index contributed by atoms with van der Waals surface area (Å²) in [6, 6.07) is 18.8. The molecule has 1 heterocycles. The lowest BCUT2D eigenvalue weighted by molar-refractivity contribution is 0.216. The summed E-state index contributed by atoms with van der Waals surface area (Å²) >= 11 is 5.94. The summed E-state index contributed by atoms with van der Waals surface area (Å²) in [4.78, 5) is 4.49. The topological polar surface area (TPSA) is 33.1 Å². The molecule has 0 aliphatic heterocycles. The van der Waals surface area contributed by atoms with Gasteiger partial charge in [0.15, 0.2) is 0 Å². The molecule has 1 N–H and O–H groups in total. The fourth-order valence-electron chi connectivity index (χ4n) is 2.08. The van der Waals surface area contributed by atoms with Crippen LogP contribution in [0, 0.1) is 0 Å². The Hall–Kier alpha value is -1.90. The Morgan fingerprint density at radius 1 is 0.947 bits per heavy atom. The number of benzene rings is 2. The van der Waals surface area contributed by atoms with Crippen molar-refractivity contribution in [3.63, 3.8) is 0 Å². The van der Waals surface area contributed by atoms with Crippen LogP contribution in [0.3, 0.4) is 0 Å². The van der Waals surface area contributed by atoms with Crippen molar-refractivity contribution in [3.05, 3.63) is 76.9 Å². The molecule has 0 amide bonds. The molecule has 2 aromatic carbocycles. The second-order valence-electron chi connectivity index (χ2n) is 4.39. The Morgan fingerprint density at radius 3 is 2.63 bits per heavy atom.